The van der Waals surface area contributed by atoms with E-state index < -0.39 is 0 Å². The number of nitrogens with zero attached hydrogens (tertiary/aromatic N) is 4. The Morgan fingerprint density at radius 1 is 1.19 bits per heavy atom. The third kappa shape index (κ3) is 6.09. The predicted octanol–water partition coefficient (Wildman–Crippen LogP) is 3.71. The molecule has 1 aliphatic rings. The first kappa shape index (κ1) is 22.8. The molecule has 2 N–H and O–H groups in total. The van der Waals surface area contributed by atoms with Crippen molar-refractivity contribution in [3.63, 3.8) is 0 Å². The van der Waals surface area contributed by atoms with Crippen molar-refractivity contribution in [2.45, 2.75) is 46.2 Å². The van der Waals surface area contributed by atoms with Crippen LogP contribution in [0.2, 0.25) is 0 Å². The van der Waals surface area contributed by atoms with Gasteiger partial charge in [-0.3, -0.25) is 4.99 Å². The van der Waals surface area contributed by atoms with Crippen molar-refractivity contribution in [1.82, 2.24) is 15.6 Å². The molecule has 1 saturated heterocycles. The van der Waals surface area contributed by atoms with Gasteiger partial charge in [0.2, 0.25) is 0 Å². The van der Waals surface area contributed by atoms with Gasteiger partial charge in [-0.15, -0.1) is 0 Å². The molecule has 1 aromatic carbocycles. The normalized spacial score (nSPS) is 15.1. The second-order valence-corrected chi connectivity index (χ2v) is 7.98. The van der Waals surface area contributed by atoms with Gasteiger partial charge in [0.1, 0.15) is 11.6 Å². The van der Waals surface area contributed by atoms with Crippen molar-refractivity contribution in [2.24, 2.45) is 4.99 Å². The van der Waals surface area contributed by atoms with Crippen molar-refractivity contribution in [3.05, 3.63) is 53.5 Å². The third-order valence-corrected chi connectivity index (χ3v) is 5.86. The van der Waals surface area contributed by atoms with E-state index in [4.69, 9.17) is 0 Å². The van der Waals surface area contributed by atoms with Crippen molar-refractivity contribution >= 4 is 17.5 Å². The summed E-state index contributed by atoms with van der Waals surface area (Å²) in [5.41, 5.74) is 2.74. The quantitative estimate of drug-likeness (QED) is 0.522. The number of aryl methyl sites for hydroxylation is 1. The van der Waals surface area contributed by atoms with Gasteiger partial charge in [-0.25, -0.2) is 9.37 Å². The van der Waals surface area contributed by atoms with Crippen LogP contribution in [-0.4, -0.2) is 50.2 Å². The lowest BCUT2D eigenvalue weighted by atomic mass is 10.1. The molecule has 2 aromatic rings. The predicted molar refractivity (Wildman–Crippen MR) is 128 cm³/mol. The van der Waals surface area contributed by atoms with E-state index in [-0.39, 0.29) is 5.82 Å². The van der Waals surface area contributed by atoms with E-state index in [1.807, 2.05) is 37.1 Å². The monoisotopic (exact) mass is 426 g/mol. The minimum Gasteiger partial charge on any atom is -0.370 e. The van der Waals surface area contributed by atoms with Gasteiger partial charge in [-0.1, -0.05) is 12.1 Å². The summed E-state index contributed by atoms with van der Waals surface area (Å²) in [6.45, 7) is 10.2. The smallest absolute Gasteiger partial charge is 0.191 e. The van der Waals surface area contributed by atoms with E-state index in [1.165, 1.54) is 5.56 Å². The summed E-state index contributed by atoms with van der Waals surface area (Å²) >= 11 is 0. The molecule has 1 fully saturated rings. The van der Waals surface area contributed by atoms with Gasteiger partial charge >= 0.3 is 0 Å². The molecule has 2 heterocycles. The lowest BCUT2D eigenvalue weighted by Gasteiger charge is -2.33. The Labute approximate surface area is 185 Å². The van der Waals surface area contributed by atoms with Crippen LogP contribution in [0.25, 0.3) is 0 Å². The maximum absolute atomic E-state index is 14.5. The average molecular weight is 427 g/mol. The van der Waals surface area contributed by atoms with Crippen molar-refractivity contribution in [3.8, 4) is 0 Å². The lowest BCUT2D eigenvalue weighted by molar-refractivity contribution is 0.459. The van der Waals surface area contributed by atoms with Crippen LogP contribution in [0.3, 0.4) is 0 Å². The number of anilines is 2. The summed E-state index contributed by atoms with van der Waals surface area (Å²) in [4.78, 5) is 13.2. The summed E-state index contributed by atoms with van der Waals surface area (Å²) in [5, 5.41) is 6.83. The minimum absolute atomic E-state index is 0.178. The summed E-state index contributed by atoms with van der Waals surface area (Å²) < 4.78 is 14.5. The Kier molecular flexibility index (Phi) is 8.09. The number of benzene rings is 1. The Morgan fingerprint density at radius 2 is 1.94 bits per heavy atom. The number of hydrogen-bond acceptors (Lipinski definition) is 4. The molecule has 0 bridgehead atoms. The number of pyridine rings is 1. The Morgan fingerprint density at radius 3 is 2.52 bits per heavy atom. The number of rotatable bonds is 7. The third-order valence-electron chi connectivity index (χ3n) is 5.86. The highest BCUT2D eigenvalue weighted by Crippen LogP contribution is 2.21. The van der Waals surface area contributed by atoms with Crippen molar-refractivity contribution < 1.29 is 4.39 Å². The Hall–Kier alpha value is -2.83. The van der Waals surface area contributed by atoms with Crippen LogP contribution in [0, 0.1) is 12.7 Å². The first-order chi connectivity index (χ1) is 15.0. The number of nitrogens with one attached hydrogen (secondary N) is 2. The molecular weight excluding hydrogens is 391 g/mol. The number of aliphatic imine (C=N–C) groups is 1. The van der Waals surface area contributed by atoms with Gasteiger partial charge in [-0.05, 0) is 62.9 Å². The largest absolute Gasteiger partial charge is 0.370 e. The van der Waals surface area contributed by atoms with Crippen LogP contribution in [-0.2, 0) is 6.54 Å². The van der Waals surface area contributed by atoms with E-state index in [2.05, 4.69) is 44.6 Å². The maximum atomic E-state index is 14.5. The Balaban J connectivity index is 1.49. The van der Waals surface area contributed by atoms with Crippen molar-refractivity contribution in [2.75, 3.05) is 43.0 Å². The lowest BCUT2D eigenvalue weighted by Crippen LogP contribution is -2.48. The molecule has 0 amide bonds. The Bertz CT molecular complexity index is 855. The van der Waals surface area contributed by atoms with Gasteiger partial charge in [0.15, 0.2) is 5.96 Å². The molecule has 1 aliphatic heterocycles. The first-order valence-electron chi connectivity index (χ1n) is 11.2. The first-order valence-corrected chi connectivity index (χ1v) is 11.2. The summed E-state index contributed by atoms with van der Waals surface area (Å²) in [6.07, 6.45) is 3.95. The minimum atomic E-state index is -0.178. The van der Waals surface area contributed by atoms with Crippen LogP contribution in [0.15, 0.2) is 41.5 Å². The molecule has 0 radical (unpaired) electrons. The molecule has 0 aliphatic carbocycles. The number of aromatic nitrogens is 1. The molecule has 168 valence electrons. The molecule has 3 rings (SSSR count). The van der Waals surface area contributed by atoms with Gasteiger partial charge in [0.05, 0.1) is 5.69 Å². The maximum Gasteiger partial charge on any atom is 0.191 e. The molecule has 7 heteroatoms. The average Bonchev–Trinajstić information content (AvgIpc) is 2.79. The van der Waals surface area contributed by atoms with Crippen LogP contribution < -0.4 is 20.4 Å². The molecular formula is C24H35FN6. The van der Waals surface area contributed by atoms with E-state index >= 15 is 0 Å². The van der Waals surface area contributed by atoms with Crippen LogP contribution in [0.5, 0.6) is 0 Å². The number of hydrogen-bond donors (Lipinski definition) is 2. The molecule has 6 nitrogen and oxygen atoms in total. The van der Waals surface area contributed by atoms with Gasteiger partial charge in [0.25, 0.3) is 0 Å². The molecule has 0 unspecified atom stereocenters. The van der Waals surface area contributed by atoms with E-state index in [0.29, 0.717) is 18.3 Å². The zero-order valence-electron chi connectivity index (χ0n) is 19.2. The molecule has 0 atom stereocenters. The van der Waals surface area contributed by atoms with Crippen LogP contribution in [0.4, 0.5) is 15.9 Å². The van der Waals surface area contributed by atoms with E-state index in [1.54, 1.807) is 13.1 Å². The summed E-state index contributed by atoms with van der Waals surface area (Å²) in [7, 11) is 1.77. The summed E-state index contributed by atoms with van der Waals surface area (Å²) in [6, 6.07) is 10.0. The molecule has 31 heavy (non-hydrogen) atoms. The van der Waals surface area contributed by atoms with Gasteiger partial charge in [-0.2, -0.15) is 0 Å². The molecule has 0 spiro atoms. The fraction of sp³-hybridized carbons (Fsp3) is 0.500. The highest BCUT2D eigenvalue weighted by Gasteiger charge is 2.21. The van der Waals surface area contributed by atoms with Gasteiger partial charge in [0, 0.05) is 52.0 Å². The van der Waals surface area contributed by atoms with E-state index in [0.717, 1.165) is 56.4 Å². The fourth-order valence-electron chi connectivity index (χ4n) is 3.95. The number of guanidine groups is 1. The SMILES string of the molecule is CCN(CC)c1ccc(CNC(=NC)NC2CCN(c3ccc(C)cn3)CC2)cc1F. The number of halogens is 1. The van der Waals surface area contributed by atoms with Crippen LogP contribution in [0.1, 0.15) is 37.8 Å². The molecule has 1 aromatic heterocycles. The standard InChI is InChI=1S/C24H35FN6/c1-5-30(6-2)22-9-8-19(15-21(22)25)17-28-24(26-4)29-20-11-13-31(14-12-20)23-10-7-18(3)16-27-23/h7-10,15-16,20H,5-6,11-14,17H2,1-4H3,(H2,26,28,29). The summed E-state index contributed by atoms with van der Waals surface area (Å²) in [5.74, 6) is 1.62. The van der Waals surface area contributed by atoms with Crippen LogP contribution >= 0.6 is 0 Å². The topological polar surface area (TPSA) is 55.8 Å². The van der Waals surface area contributed by atoms with Crippen molar-refractivity contribution in [1.29, 1.82) is 0 Å². The van der Waals surface area contributed by atoms with Gasteiger partial charge < -0.3 is 20.4 Å². The highest BCUT2D eigenvalue weighted by atomic mass is 19.1. The number of piperidine rings is 1. The zero-order valence-corrected chi connectivity index (χ0v) is 19.2. The zero-order chi connectivity index (χ0) is 22.2. The fourth-order valence-corrected chi connectivity index (χ4v) is 3.95. The highest BCUT2D eigenvalue weighted by molar-refractivity contribution is 5.80. The molecule has 0 saturated carbocycles. The second kappa shape index (κ2) is 11.0. The second-order valence-electron chi connectivity index (χ2n) is 7.98. The van der Waals surface area contributed by atoms with E-state index in [9.17, 15) is 4.39 Å².